The number of nitrogens with zero attached hydrogens (tertiary/aromatic N) is 2. The lowest BCUT2D eigenvalue weighted by Gasteiger charge is -2.28. The average molecular weight is 701 g/mol. The van der Waals surface area contributed by atoms with Gasteiger partial charge in [-0.1, -0.05) is 27.7 Å². The Morgan fingerprint density at radius 1 is 1.02 bits per heavy atom. The molecule has 6 unspecified atom stereocenters. The monoisotopic (exact) mass is 700 g/mol. The summed E-state index contributed by atoms with van der Waals surface area (Å²) >= 11 is 0. The molecule has 6 atom stereocenters. The molecule has 0 spiro atoms. The number of nitrogens with one attached hydrogen (secondary N) is 5. The highest BCUT2D eigenvalue weighted by atomic mass is 31.2. The van der Waals surface area contributed by atoms with Crippen LogP contribution in [-0.4, -0.2) is 115 Å². The number of likely N-dealkylation sites (tertiary alicyclic amines) is 1. The molecule has 18 nitrogen and oxygen atoms in total. The molecule has 6 amide bonds. The first-order valence-electron chi connectivity index (χ1n) is 15.9. The van der Waals surface area contributed by atoms with Gasteiger partial charge < -0.3 is 51.8 Å². The van der Waals surface area contributed by atoms with Crippen LogP contribution in [0.1, 0.15) is 65.5 Å². The standard InChI is InChI=1S/C29H49N8O10P/c1-5-7-23(39)37-9-6-8-22(37)29(44)34-19(10-16(2)3)26(41)33-20(11-18-12-31-15-32-18)27(42)35-21(13-38)28(43)36-24(25(30)40)17(4)14-48(45,46)47/h12,15-17,19-22,24,38H,5-11,13-14H2,1-4H3,(H2,30,40)(H,31,32)(H,33,41)(H,34,44)(H,35,42)(H,36,43)(H2,45,46,47). The van der Waals surface area contributed by atoms with E-state index in [1.54, 1.807) is 0 Å². The van der Waals surface area contributed by atoms with Crippen molar-refractivity contribution in [3.05, 3.63) is 18.2 Å². The molecule has 1 aromatic rings. The van der Waals surface area contributed by atoms with E-state index in [-0.39, 0.29) is 24.7 Å². The molecule has 2 heterocycles. The van der Waals surface area contributed by atoms with Crippen molar-refractivity contribution in [1.82, 2.24) is 36.1 Å². The second-order valence-electron chi connectivity index (χ2n) is 12.5. The van der Waals surface area contributed by atoms with Gasteiger partial charge in [0.25, 0.3) is 0 Å². The maximum Gasteiger partial charge on any atom is 0.325 e. The van der Waals surface area contributed by atoms with E-state index in [1.165, 1.54) is 24.3 Å². The van der Waals surface area contributed by atoms with Gasteiger partial charge in [0.05, 0.1) is 19.1 Å². The van der Waals surface area contributed by atoms with Crippen molar-refractivity contribution in [1.29, 1.82) is 0 Å². The Hall–Kier alpha value is -3.86. The Labute approximate surface area is 278 Å². The molecule has 0 bridgehead atoms. The number of carbonyl (C=O) groups excluding carboxylic acids is 6. The molecule has 10 N–H and O–H groups in total. The molecule has 1 aromatic heterocycles. The van der Waals surface area contributed by atoms with Gasteiger partial charge in [-0.3, -0.25) is 33.3 Å². The molecule has 1 aliphatic rings. The number of primary amides is 1. The van der Waals surface area contributed by atoms with Crippen molar-refractivity contribution < 1.29 is 48.2 Å². The van der Waals surface area contributed by atoms with E-state index in [9.17, 15) is 48.2 Å². The zero-order chi connectivity index (χ0) is 36.2. The number of hydrogen-bond acceptors (Lipinski definition) is 9. The first-order valence-corrected chi connectivity index (χ1v) is 17.7. The predicted octanol–water partition coefficient (Wildman–Crippen LogP) is -1.98. The molecule has 48 heavy (non-hydrogen) atoms. The normalized spacial score (nSPS) is 17.9. The highest BCUT2D eigenvalue weighted by molar-refractivity contribution is 7.51. The van der Waals surface area contributed by atoms with Gasteiger partial charge in [0.1, 0.15) is 30.2 Å². The molecule has 2 rings (SSSR count). The highest BCUT2D eigenvalue weighted by Crippen LogP contribution is 2.37. The van der Waals surface area contributed by atoms with Gasteiger partial charge >= 0.3 is 7.60 Å². The summed E-state index contributed by atoms with van der Waals surface area (Å²) in [7, 11) is -4.58. The smallest absolute Gasteiger partial charge is 0.325 e. The number of aliphatic hydroxyl groups excluding tert-OH is 1. The Morgan fingerprint density at radius 2 is 1.65 bits per heavy atom. The lowest BCUT2D eigenvalue weighted by atomic mass is 10.0. The van der Waals surface area contributed by atoms with E-state index >= 15 is 0 Å². The van der Waals surface area contributed by atoms with Crippen molar-refractivity contribution in [2.75, 3.05) is 19.3 Å². The molecule has 1 fully saturated rings. The van der Waals surface area contributed by atoms with E-state index < -0.39 is 86.0 Å². The SMILES string of the molecule is CCCC(=O)N1CCCC1C(=O)NC(CC(C)C)C(=O)NC(Cc1cnc[nH]1)C(=O)NC(CO)C(=O)NC(C(N)=O)C(C)CP(=O)(O)O. The van der Waals surface area contributed by atoms with E-state index in [4.69, 9.17) is 5.73 Å². The van der Waals surface area contributed by atoms with Crippen molar-refractivity contribution in [3.8, 4) is 0 Å². The molecule has 1 saturated heterocycles. The fourth-order valence-electron chi connectivity index (χ4n) is 5.46. The van der Waals surface area contributed by atoms with Crippen LogP contribution in [0.5, 0.6) is 0 Å². The molecule has 0 aromatic carbocycles. The Morgan fingerprint density at radius 3 is 2.19 bits per heavy atom. The van der Waals surface area contributed by atoms with Crippen molar-refractivity contribution in [3.63, 3.8) is 0 Å². The fraction of sp³-hybridized carbons (Fsp3) is 0.690. The number of imidazole rings is 1. The first kappa shape index (κ1) is 40.3. The van der Waals surface area contributed by atoms with Crippen LogP contribution < -0.4 is 27.0 Å². The number of rotatable bonds is 19. The summed E-state index contributed by atoms with van der Waals surface area (Å²) in [6.07, 6.45) is 4.09. The number of aliphatic hydroxyl groups is 1. The number of carbonyl (C=O) groups is 6. The molecule has 1 aliphatic heterocycles. The largest absolute Gasteiger partial charge is 0.394 e. The van der Waals surface area contributed by atoms with Crippen LogP contribution in [0.3, 0.4) is 0 Å². The third kappa shape index (κ3) is 12.6. The van der Waals surface area contributed by atoms with Crippen LogP contribution in [-0.2, 0) is 39.8 Å². The maximum atomic E-state index is 13.6. The van der Waals surface area contributed by atoms with E-state index in [1.807, 2.05) is 20.8 Å². The number of nitrogens with two attached hydrogens (primary N) is 1. The average Bonchev–Trinajstić information content (AvgIpc) is 3.69. The third-order valence-corrected chi connectivity index (χ3v) is 8.86. The number of H-pyrrole nitrogens is 1. The van der Waals surface area contributed by atoms with Crippen molar-refractivity contribution in [2.45, 2.75) is 96.4 Å². The predicted molar refractivity (Wildman–Crippen MR) is 171 cm³/mol. The van der Waals surface area contributed by atoms with E-state index in [2.05, 4.69) is 31.2 Å². The molecule has 0 saturated carbocycles. The van der Waals surface area contributed by atoms with Gasteiger partial charge in [0.2, 0.25) is 35.4 Å². The topological polar surface area (TPSA) is 286 Å². The molecular formula is C29H49N8O10P. The number of aromatic amines is 1. The van der Waals surface area contributed by atoms with Crippen molar-refractivity contribution >= 4 is 43.0 Å². The van der Waals surface area contributed by atoms with Crippen molar-refractivity contribution in [2.24, 2.45) is 17.6 Å². The van der Waals surface area contributed by atoms with Gasteiger partial charge in [0, 0.05) is 31.3 Å². The molecule has 19 heteroatoms. The van der Waals surface area contributed by atoms with Gasteiger partial charge in [0.15, 0.2) is 0 Å². The lowest BCUT2D eigenvalue weighted by molar-refractivity contribution is -0.140. The number of aromatic nitrogens is 2. The van der Waals surface area contributed by atoms with Gasteiger partial charge in [-0.05, 0) is 37.5 Å². The van der Waals surface area contributed by atoms with Crippen LogP contribution in [0.2, 0.25) is 0 Å². The summed E-state index contributed by atoms with van der Waals surface area (Å²) in [6, 6.07) is -6.34. The first-order chi connectivity index (χ1) is 22.5. The van der Waals surface area contributed by atoms with Gasteiger partial charge in [-0.15, -0.1) is 0 Å². The van der Waals surface area contributed by atoms with Crippen LogP contribution >= 0.6 is 7.60 Å². The second-order valence-corrected chi connectivity index (χ2v) is 14.2. The maximum absolute atomic E-state index is 13.6. The number of amides is 6. The minimum absolute atomic E-state index is 0.0593. The zero-order valence-electron chi connectivity index (χ0n) is 27.7. The van der Waals surface area contributed by atoms with Crippen LogP contribution in [0.15, 0.2) is 12.5 Å². The Kier molecular flexibility index (Phi) is 15.6. The zero-order valence-corrected chi connectivity index (χ0v) is 28.6. The summed E-state index contributed by atoms with van der Waals surface area (Å²) in [6.45, 7) is 6.34. The summed E-state index contributed by atoms with van der Waals surface area (Å²) in [5.41, 5.74) is 5.77. The highest BCUT2D eigenvalue weighted by Gasteiger charge is 2.37. The Bertz CT molecular complexity index is 1320. The summed E-state index contributed by atoms with van der Waals surface area (Å²) < 4.78 is 11.4. The molecule has 0 radical (unpaired) electrons. The second kappa shape index (κ2) is 18.6. The lowest BCUT2D eigenvalue weighted by Crippen LogP contribution is -2.60. The summed E-state index contributed by atoms with van der Waals surface area (Å²) in [5, 5.41) is 19.8. The third-order valence-electron chi connectivity index (χ3n) is 7.81. The molecule has 0 aliphatic carbocycles. The summed E-state index contributed by atoms with van der Waals surface area (Å²) in [5.74, 6) is -5.55. The minimum Gasteiger partial charge on any atom is -0.394 e. The summed E-state index contributed by atoms with van der Waals surface area (Å²) in [4.78, 5) is 105. The Balaban J connectivity index is 2.24. The van der Waals surface area contributed by atoms with Crippen LogP contribution in [0.4, 0.5) is 0 Å². The minimum atomic E-state index is -4.58. The van der Waals surface area contributed by atoms with E-state index in [0.717, 1.165) is 0 Å². The van der Waals surface area contributed by atoms with Gasteiger partial charge in [-0.2, -0.15) is 0 Å². The van der Waals surface area contributed by atoms with Crippen LogP contribution in [0.25, 0.3) is 0 Å². The van der Waals surface area contributed by atoms with E-state index in [0.29, 0.717) is 37.9 Å². The number of hydrogen-bond donors (Lipinski definition) is 9. The van der Waals surface area contributed by atoms with Crippen LogP contribution in [0, 0.1) is 11.8 Å². The molecule has 270 valence electrons. The molecular weight excluding hydrogens is 651 g/mol. The van der Waals surface area contributed by atoms with Gasteiger partial charge in [-0.25, -0.2) is 4.98 Å². The quantitative estimate of drug-likeness (QED) is 0.0713. The fourth-order valence-corrected chi connectivity index (χ4v) is 6.42.